The summed E-state index contributed by atoms with van der Waals surface area (Å²) in [6.45, 7) is 2.88. The molecule has 1 aromatic carbocycles. The topological polar surface area (TPSA) is 95.9 Å². The number of benzene rings is 1. The van der Waals surface area contributed by atoms with Crippen LogP contribution >= 0.6 is 0 Å². The van der Waals surface area contributed by atoms with Crippen molar-refractivity contribution in [3.63, 3.8) is 0 Å². The van der Waals surface area contributed by atoms with Gasteiger partial charge in [0.05, 0.1) is 6.10 Å². The predicted molar refractivity (Wildman–Crippen MR) is 67.9 cm³/mol. The number of carboxylic acids is 1. The third kappa shape index (κ3) is 4.97. The molecule has 0 fully saturated rings. The number of hydrogen-bond donors (Lipinski definition) is 3. The molecule has 0 radical (unpaired) electrons. The SMILES string of the molecule is Cc1cccc(OCC(=O)NC(C(=O)O)C(C)O)c1. The van der Waals surface area contributed by atoms with E-state index in [2.05, 4.69) is 5.32 Å². The van der Waals surface area contributed by atoms with Gasteiger partial charge in [0.15, 0.2) is 12.6 Å². The molecule has 19 heavy (non-hydrogen) atoms. The molecule has 2 atom stereocenters. The molecule has 104 valence electrons. The Kier molecular flexibility index (Phi) is 5.32. The maximum atomic E-state index is 11.5. The zero-order valence-corrected chi connectivity index (χ0v) is 10.8. The number of hydrogen-bond acceptors (Lipinski definition) is 4. The Hall–Kier alpha value is -2.08. The first-order chi connectivity index (χ1) is 8.90. The normalized spacial score (nSPS) is 13.4. The van der Waals surface area contributed by atoms with Gasteiger partial charge in [-0.15, -0.1) is 0 Å². The van der Waals surface area contributed by atoms with Crippen LogP contribution in [-0.4, -0.2) is 40.8 Å². The van der Waals surface area contributed by atoms with E-state index in [1.54, 1.807) is 18.2 Å². The van der Waals surface area contributed by atoms with Gasteiger partial charge in [-0.05, 0) is 31.5 Å². The number of ether oxygens (including phenoxy) is 1. The number of carbonyl (C=O) groups is 2. The minimum Gasteiger partial charge on any atom is -0.484 e. The van der Waals surface area contributed by atoms with Gasteiger partial charge in [0.2, 0.25) is 0 Å². The number of aryl methyl sites for hydroxylation is 1. The molecule has 0 saturated heterocycles. The maximum absolute atomic E-state index is 11.5. The lowest BCUT2D eigenvalue weighted by molar-refractivity contribution is -0.145. The standard InChI is InChI=1S/C13H17NO5/c1-8-4-3-5-10(6-8)19-7-11(16)14-12(9(2)15)13(17)18/h3-6,9,12,15H,7H2,1-2H3,(H,14,16)(H,17,18). The minimum atomic E-state index is -1.34. The first-order valence-corrected chi connectivity index (χ1v) is 5.80. The van der Waals surface area contributed by atoms with Crippen molar-refractivity contribution in [3.8, 4) is 5.75 Å². The maximum Gasteiger partial charge on any atom is 0.328 e. The van der Waals surface area contributed by atoms with Crippen LogP contribution in [0.5, 0.6) is 5.75 Å². The summed E-state index contributed by atoms with van der Waals surface area (Å²) in [5, 5.41) is 20.2. The van der Waals surface area contributed by atoms with E-state index >= 15 is 0 Å². The molecule has 2 unspecified atom stereocenters. The van der Waals surface area contributed by atoms with Gasteiger partial charge in [-0.3, -0.25) is 4.79 Å². The molecule has 0 bridgehead atoms. The first-order valence-electron chi connectivity index (χ1n) is 5.80. The lowest BCUT2D eigenvalue weighted by Gasteiger charge is -2.17. The summed E-state index contributed by atoms with van der Waals surface area (Å²) in [5.74, 6) is -1.37. The Balaban J connectivity index is 2.49. The van der Waals surface area contributed by atoms with Gasteiger partial charge in [0.25, 0.3) is 5.91 Å². The average molecular weight is 267 g/mol. The molecule has 1 amide bonds. The molecule has 6 heteroatoms. The molecular weight excluding hydrogens is 250 g/mol. The van der Waals surface area contributed by atoms with Crippen LogP contribution in [0.4, 0.5) is 0 Å². The first kappa shape index (κ1) is 15.0. The zero-order valence-electron chi connectivity index (χ0n) is 10.8. The number of aliphatic hydroxyl groups is 1. The van der Waals surface area contributed by atoms with Crippen LogP contribution in [0.1, 0.15) is 12.5 Å². The van der Waals surface area contributed by atoms with E-state index < -0.39 is 24.0 Å². The summed E-state index contributed by atoms with van der Waals surface area (Å²) in [7, 11) is 0. The Labute approximate surface area is 111 Å². The Bertz CT molecular complexity index is 458. The molecule has 6 nitrogen and oxygen atoms in total. The van der Waals surface area contributed by atoms with Gasteiger partial charge in [-0.2, -0.15) is 0 Å². The smallest absolute Gasteiger partial charge is 0.328 e. The summed E-state index contributed by atoms with van der Waals surface area (Å²) in [4.78, 5) is 22.3. The van der Waals surface area contributed by atoms with Crippen LogP contribution in [0.3, 0.4) is 0 Å². The Morgan fingerprint density at radius 3 is 2.63 bits per heavy atom. The molecule has 0 aliphatic rings. The molecule has 0 aliphatic carbocycles. The number of carboxylic acid groups (broad SMARTS) is 1. The fourth-order valence-corrected chi connectivity index (χ4v) is 1.46. The second-order valence-corrected chi connectivity index (χ2v) is 4.23. The van der Waals surface area contributed by atoms with Crippen molar-refractivity contribution in [2.45, 2.75) is 26.0 Å². The van der Waals surface area contributed by atoms with Crippen molar-refractivity contribution < 1.29 is 24.5 Å². The predicted octanol–water partition coefficient (Wildman–Crippen LogP) is 0.324. The van der Waals surface area contributed by atoms with Crippen LogP contribution < -0.4 is 10.1 Å². The van der Waals surface area contributed by atoms with Crippen molar-refractivity contribution in [1.82, 2.24) is 5.32 Å². The molecule has 3 N–H and O–H groups in total. The number of aliphatic hydroxyl groups excluding tert-OH is 1. The minimum absolute atomic E-state index is 0.306. The fraction of sp³-hybridized carbons (Fsp3) is 0.385. The molecule has 0 spiro atoms. The molecule has 0 saturated carbocycles. The molecule has 0 heterocycles. The van der Waals surface area contributed by atoms with E-state index in [4.69, 9.17) is 9.84 Å². The number of amides is 1. The van der Waals surface area contributed by atoms with E-state index in [0.29, 0.717) is 5.75 Å². The summed E-state index contributed by atoms with van der Waals surface area (Å²) >= 11 is 0. The molecule has 1 aromatic rings. The third-order valence-corrected chi connectivity index (χ3v) is 2.42. The third-order valence-electron chi connectivity index (χ3n) is 2.42. The van der Waals surface area contributed by atoms with Crippen LogP contribution in [0, 0.1) is 6.92 Å². The number of rotatable bonds is 6. The van der Waals surface area contributed by atoms with Gasteiger partial charge in [-0.25, -0.2) is 4.79 Å². The summed E-state index contributed by atoms with van der Waals surface area (Å²) in [6.07, 6.45) is -1.18. The van der Waals surface area contributed by atoms with E-state index in [-0.39, 0.29) is 6.61 Å². The van der Waals surface area contributed by atoms with E-state index in [1.165, 1.54) is 6.92 Å². The second kappa shape index (κ2) is 6.75. The van der Waals surface area contributed by atoms with Gasteiger partial charge < -0.3 is 20.3 Å². The number of aliphatic carboxylic acids is 1. The van der Waals surface area contributed by atoms with Crippen molar-refractivity contribution in [2.75, 3.05) is 6.61 Å². The zero-order chi connectivity index (χ0) is 14.4. The van der Waals surface area contributed by atoms with Gasteiger partial charge >= 0.3 is 5.97 Å². The molecule has 1 rings (SSSR count). The number of nitrogens with one attached hydrogen (secondary N) is 1. The van der Waals surface area contributed by atoms with Crippen molar-refractivity contribution in [2.24, 2.45) is 0 Å². The molecular formula is C13H17NO5. The highest BCUT2D eigenvalue weighted by Crippen LogP contribution is 2.11. The summed E-state index contributed by atoms with van der Waals surface area (Å²) < 4.78 is 5.22. The average Bonchev–Trinajstić information content (AvgIpc) is 2.32. The molecule has 0 aromatic heterocycles. The van der Waals surface area contributed by atoms with Crippen molar-refractivity contribution >= 4 is 11.9 Å². The lowest BCUT2D eigenvalue weighted by Crippen LogP contribution is -2.49. The van der Waals surface area contributed by atoms with E-state index in [1.807, 2.05) is 13.0 Å². The van der Waals surface area contributed by atoms with Crippen LogP contribution in [0.15, 0.2) is 24.3 Å². The Morgan fingerprint density at radius 2 is 2.11 bits per heavy atom. The van der Waals surface area contributed by atoms with Gasteiger partial charge in [0.1, 0.15) is 5.75 Å². The highest BCUT2D eigenvalue weighted by molar-refractivity contribution is 5.84. The Morgan fingerprint density at radius 1 is 1.42 bits per heavy atom. The quantitative estimate of drug-likeness (QED) is 0.690. The van der Waals surface area contributed by atoms with Crippen LogP contribution in [0.25, 0.3) is 0 Å². The van der Waals surface area contributed by atoms with Crippen molar-refractivity contribution in [1.29, 1.82) is 0 Å². The van der Waals surface area contributed by atoms with Crippen LogP contribution in [-0.2, 0) is 9.59 Å². The number of carbonyl (C=O) groups excluding carboxylic acids is 1. The lowest BCUT2D eigenvalue weighted by atomic mass is 10.2. The fourth-order valence-electron chi connectivity index (χ4n) is 1.46. The van der Waals surface area contributed by atoms with E-state index in [0.717, 1.165) is 5.56 Å². The highest BCUT2D eigenvalue weighted by Gasteiger charge is 2.24. The second-order valence-electron chi connectivity index (χ2n) is 4.23. The van der Waals surface area contributed by atoms with E-state index in [9.17, 15) is 14.7 Å². The monoisotopic (exact) mass is 267 g/mol. The van der Waals surface area contributed by atoms with Gasteiger partial charge in [0, 0.05) is 0 Å². The summed E-state index contributed by atoms with van der Waals surface area (Å²) in [6, 6.07) is 5.80. The van der Waals surface area contributed by atoms with Crippen molar-refractivity contribution in [3.05, 3.63) is 29.8 Å². The van der Waals surface area contributed by atoms with Crippen LogP contribution in [0.2, 0.25) is 0 Å². The highest BCUT2D eigenvalue weighted by atomic mass is 16.5. The van der Waals surface area contributed by atoms with Gasteiger partial charge in [-0.1, -0.05) is 12.1 Å². The largest absolute Gasteiger partial charge is 0.484 e. The molecule has 0 aliphatic heterocycles. The summed E-state index contributed by atoms with van der Waals surface area (Å²) in [5.41, 5.74) is 0.991.